The Balaban J connectivity index is 0.0000314. The molecule has 2 N–H and O–H groups in total. The Hall–Kier alpha value is -4.15. The SMILES string of the molecule is C.C#CCCCC(CC(=O)OCC(C)C)NC(=O)C(CC(C)C)NC(=O)C(C(C)C)N(C)C(=O)C(OC(=O)C(C(C)C)N(C)C(=O)C1CCCN1C(C)=O)C(C)C. The van der Waals surface area contributed by atoms with Crippen molar-refractivity contribution in [2.45, 2.75) is 165 Å². The molecule has 1 aliphatic rings. The molecule has 1 heterocycles. The number of likely N-dealkylation sites (tertiary alicyclic amines) is 1. The first kappa shape index (κ1) is 52.9. The van der Waals surface area contributed by atoms with Crippen molar-refractivity contribution >= 4 is 41.5 Å². The Morgan fingerprint density at radius 2 is 1.42 bits per heavy atom. The number of carbonyl (C=O) groups excluding carboxylic acids is 7. The molecule has 14 nitrogen and oxygen atoms in total. The summed E-state index contributed by atoms with van der Waals surface area (Å²) in [6.45, 7) is 20.3. The zero-order chi connectivity index (χ0) is 43.0. The van der Waals surface area contributed by atoms with Crippen LogP contribution in [0.4, 0.5) is 0 Å². The Morgan fingerprint density at radius 3 is 1.91 bits per heavy atom. The average Bonchev–Trinajstić information content (AvgIpc) is 3.59. The fourth-order valence-corrected chi connectivity index (χ4v) is 7.04. The van der Waals surface area contributed by atoms with Crippen LogP contribution >= 0.6 is 0 Å². The van der Waals surface area contributed by atoms with Crippen molar-refractivity contribution in [3.63, 3.8) is 0 Å². The van der Waals surface area contributed by atoms with Gasteiger partial charge in [-0.15, -0.1) is 12.3 Å². The second-order valence-corrected chi connectivity index (χ2v) is 17.0. The van der Waals surface area contributed by atoms with E-state index in [0.29, 0.717) is 38.6 Å². The van der Waals surface area contributed by atoms with Crippen LogP contribution in [0.2, 0.25) is 0 Å². The van der Waals surface area contributed by atoms with Crippen LogP contribution in [0.25, 0.3) is 0 Å². The van der Waals surface area contributed by atoms with E-state index >= 15 is 0 Å². The van der Waals surface area contributed by atoms with Crippen LogP contribution < -0.4 is 10.6 Å². The second kappa shape index (κ2) is 25.3. The van der Waals surface area contributed by atoms with Gasteiger partial charge in [-0.1, -0.05) is 76.7 Å². The van der Waals surface area contributed by atoms with Gasteiger partial charge in [-0.25, -0.2) is 4.79 Å². The lowest BCUT2D eigenvalue weighted by Crippen LogP contribution is -2.59. The van der Waals surface area contributed by atoms with E-state index in [2.05, 4.69) is 16.6 Å². The predicted molar refractivity (Wildman–Crippen MR) is 221 cm³/mol. The minimum absolute atomic E-state index is 0. The third-order valence-electron chi connectivity index (χ3n) is 9.89. The maximum atomic E-state index is 14.2. The van der Waals surface area contributed by atoms with Gasteiger partial charge in [-0.3, -0.25) is 28.8 Å². The van der Waals surface area contributed by atoms with Crippen LogP contribution in [0.3, 0.4) is 0 Å². The Labute approximate surface area is 343 Å². The summed E-state index contributed by atoms with van der Waals surface area (Å²) < 4.78 is 11.3. The molecular formula is C43H75N5O9. The predicted octanol–water partition coefficient (Wildman–Crippen LogP) is 4.58. The third kappa shape index (κ3) is 16.7. The van der Waals surface area contributed by atoms with Gasteiger partial charge in [0.05, 0.1) is 13.0 Å². The second-order valence-electron chi connectivity index (χ2n) is 17.0. The normalized spacial score (nSPS) is 16.6. The molecule has 14 heteroatoms. The van der Waals surface area contributed by atoms with Gasteiger partial charge in [-0.05, 0) is 61.7 Å². The molecule has 5 amide bonds. The van der Waals surface area contributed by atoms with Gasteiger partial charge in [0, 0.05) is 40.0 Å². The number of rotatable bonds is 22. The number of nitrogens with zero attached hydrogens (tertiary/aromatic N) is 3. The summed E-state index contributed by atoms with van der Waals surface area (Å²) in [6, 6.07) is -4.32. The molecule has 0 aliphatic carbocycles. The van der Waals surface area contributed by atoms with Crippen molar-refractivity contribution in [2.75, 3.05) is 27.2 Å². The number of hydrogen-bond donors (Lipinski definition) is 2. The van der Waals surface area contributed by atoms with E-state index in [4.69, 9.17) is 15.9 Å². The van der Waals surface area contributed by atoms with Crippen molar-refractivity contribution in [1.29, 1.82) is 0 Å². The molecule has 0 aromatic rings. The number of hydrogen-bond acceptors (Lipinski definition) is 9. The average molecular weight is 806 g/mol. The number of nitrogens with one attached hydrogen (secondary N) is 2. The van der Waals surface area contributed by atoms with Gasteiger partial charge in [0.25, 0.3) is 5.91 Å². The molecule has 1 aliphatic heterocycles. The van der Waals surface area contributed by atoms with Crippen LogP contribution in [-0.4, -0.2) is 120 Å². The summed E-state index contributed by atoms with van der Waals surface area (Å²) >= 11 is 0. The first-order chi connectivity index (χ1) is 26.0. The first-order valence-electron chi connectivity index (χ1n) is 20.3. The number of likely N-dealkylation sites (N-methyl/N-ethyl adjacent to an activating group) is 2. The Kier molecular flexibility index (Phi) is 23.4. The van der Waals surface area contributed by atoms with E-state index in [1.165, 1.54) is 35.7 Å². The lowest BCUT2D eigenvalue weighted by molar-refractivity contribution is -0.172. The number of terminal acetylenes is 1. The van der Waals surface area contributed by atoms with Crippen LogP contribution in [0.15, 0.2) is 0 Å². The maximum Gasteiger partial charge on any atom is 0.329 e. The molecule has 6 unspecified atom stereocenters. The number of ether oxygens (including phenoxy) is 2. The van der Waals surface area contributed by atoms with Gasteiger partial charge < -0.3 is 34.8 Å². The highest BCUT2D eigenvalue weighted by Crippen LogP contribution is 2.24. The molecule has 1 saturated heterocycles. The van der Waals surface area contributed by atoms with Crippen molar-refractivity contribution < 1.29 is 43.0 Å². The summed E-state index contributed by atoms with van der Waals surface area (Å²) in [5.41, 5.74) is 0. The summed E-state index contributed by atoms with van der Waals surface area (Å²) in [7, 11) is 2.97. The fraction of sp³-hybridized carbons (Fsp3) is 0.791. The van der Waals surface area contributed by atoms with Crippen molar-refractivity contribution in [3.05, 3.63) is 0 Å². The quantitative estimate of drug-likeness (QED) is 0.0904. The first-order valence-corrected chi connectivity index (χ1v) is 20.3. The molecule has 6 atom stereocenters. The molecule has 0 aromatic heterocycles. The van der Waals surface area contributed by atoms with Gasteiger partial charge in [0.2, 0.25) is 23.6 Å². The third-order valence-corrected chi connectivity index (χ3v) is 9.89. The largest absolute Gasteiger partial charge is 0.465 e. The van der Waals surface area contributed by atoms with Gasteiger partial charge >= 0.3 is 11.9 Å². The zero-order valence-corrected chi connectivity index (χ0v) is 36.3. The van der Waals surface area contributed by atoms with Gasteiger partial charge in [-0.2, -0.15) is 0 Å². The molecule has 0 spiro atoms. The van der Waals surface area contributed by atoms with Crippen LogP contribution in [0.1, 0.15) is 129 Å². The number of amides is 5. The van der Waals surface area contributed by atoms with Gasteiger partial charge in [0.15, 0.2) is 6.10 Å². The number of esters is 2. The van der Waals surface area contributed by atoms with E-state index < -0.39 is 77.8 Å². The van der Waals surface area contributed by atoms with Crippen LogP contribution in [-0.2, 0) is 43.0 Å². The molecule has 0 aromatic carbocycles. The molecule has 57 heavy (non-hydrogen) atoms. The van der Waals surface area contributed by atoms with E-state index in [1.807, 2.05) is 27.7 Å². The smallest absolute Gasteiger partial charge is 0.329 e. The fourth-order valence-electron chi connectivity index (χ4n) is 7.04. The molecule has 0 radical (unpaired) electrons. The Morgan fingerprint density at radius 1 is 0.825 bits per heavy atom. The standard InChI is InChI=1S/C42H71N5O9.CH4/c1-15-16-17-19-31(23-34(49)55-24-26(4)5)43-38(50)32(22-25(2)3)44-39(51)35(27(6)7)45(13)41(53)37(29(10)11)56-42(54)36(28(8)9)46(14)40(52)33-20-18-21-47(33)30(12)48;/h1,25-29,31-33,35-37H,16-24H2,2-14H3,(H,43,50)(H,44,51);1H4. The number of unbranched alkanes of at least 4 members (excludes halogenated alkanes) is 1. The molecule has 0 saturated carbocycles. The van der Waals surface area contributed by atoms with Crippen molar-refractivity contribution in [3.8, 4) is 12.3 Å². The van der Waals surface area contributed by atoms with Crippen LogP contribution in [0.5, 0.6) is 0 Å². The summed E-state index contributed by atoms with van der Waals surface area (Å²) in [4.78, 5) is 98.3. The Bertz CT molecular complexity index is 1390. The highest BCUT2D eigenvalue weighted by Gasteiger charge is 2.43. The lowest BCUT2D eigenvalue weighted by Gasteiger charge is -2.37. The molecule has 0 bridgehead atoms. The topological polar surface area (TPSA) is 172 Å². The van der Waals surface area contributed by atoms with E-state index in [9.17, 15) is 33.6 Å². The zero-order valence-electron chi connectivity index (χ0n) is 36.3. The molecular weight excluding hydrogens is 730 g/mol. The van der Waals surface area contributed by atoms with Crippen molar-refractivity contribution in [2.24, 2.45) is 29.6 Å². The highest BCUT2D eigenvalue weighted by atomic mass is 16.6. The number of carbonyl (C=O) groups is 7. The minimum Gasteiger partial charge on any atom is -0.465 e. The monoisotopic (exact) mass is 806 g/mol. The molecule has 1 fully saturated rings. The van der Waals surface area contributed by atoms with Crippen molar-refractivity contribution in [1.82, 2.24) is 25.3 Å². The molecule has 1 rings (SSSR count). The molecule has 326 valence electrons. The maximum absolute atomic E-state index is 14.2. The highest BCUT2D eigenvalue weighted by molar-refractivity contribution is 5.95. The summed E-state index contributed by atoms with van der Waals surface area (Å²) in [6.07, 6.45) is 7.03. The lowest BCUT2D eigenvalue weighted by atomic mass is 9.97. The van der Waals surface area contributed by atoms with Crippen LogP contribution in [0, 0.1) is 41.9 Å². The van der Waals surface area contributed by atoms with Gasteiger partial charge in [0.1, 0.15) is 24.2 Å². The summed E-state index contributed by atoms with van der Waals surface area (Å²) in [5, 5.41) is 5.80. The summed E-state index contributed by atoms with van der Waals surface area (Å²) in [5.74, 6) is -2.03. The minimum atomic E-state index is -1.29. The van der Waals surface area contributed by atoms with E-state index in [1.54, 1.807) is 41.5 Å². The van der Waals surface area contributed by atoms with E-state index in [-0.39, 0.29) is 56.4 Å². The van der Waals surface area contributed by atoms with E-state index in [0.717, 1.165) is 0 Å².